The summed E-state index contributed by atoms with van der Waals surface area (Å²) in [5.41, 5.74) is 0. The number of carbonyl (C=O) groups excluding carboxylic acids is 3. The van der Waals surface area contributed by atoms with Crippen molar-refractivity contribution in [2.24, 2.45) is 0 Å². The molecule has 0 fully saturated rings. The van der Waals surface area contributed by atoms with E-state index < -0.39 is 36.0 Å². The van der Waals surface area contributed by atoms with Crippen molar-refractivity contribution in [2.45, 2.75) is 32.8 Å². The minimum Gasteiger partial charge on any atom is -0.475 e. The molecule has 0 saturated heterocycles. The van der Waals surface area contributed by atoms with E-state index >= 15 is 0 Å². The van der Waals surface area contributed by atoms with E-state index in [9.17, 15) is 19.2 Å². The van der Waals surface area contributed by atoms with Gasteiger partial charge in [0.25, 0.3) is 0 Å². The first-order valence-electron chi connectivity index (χ1n) is 4.38. The summed E-state index contributed by atoms with van der Waals surface area (Å²) in [6, 6.07) is 0. The number of Topliss-reactive ketones (excluding diaryl/α,β-unsaturated/α-hetero) is 2. The predicted octanol–water partition coefficient (Wildman–Crippen LogP) is -0.0590. The zero-order valence-corrected chi connectivity index (χ0v) is 8.48. The molecule has 0 aromatic heterocycles. The number of carbonyl (C=O) groups is 4. The Bertz CT molecular complexity index is 293. The Balaban J connectivity index is 4.17. The lowest BCUT2D eigenvalue weighted by molar-refractivity contribution is -0.159. The highest BCUT2D eigenvalue weighted by Gasteiger charge is 2.24. The molecule has 0 amide bonds. The average Bonchev–Trinajstić information content (AvgIpc) is 2.16. The fraction of sp³-hybridized carbons (Fsp3) is 0.556. The molecular weight excluding hydrogens is 204 g/mol. The Hall–Kier alpha value is -1.72. The maximum atomic E-state index is 11.0. The van der Waals surface area contributed by atoms with Gasteiger partial charge in [0.15, 0.2) is 0 Å². The van der Waals surface area contributed by atoms with Gasteiger partial charge >= 0.3 is 11.9 Å². The van der Waals surface area contributed by atoms with Gasteiger partial charge < -0.3 is 9.84 Å². The molecule has 0 aliphatic heterocycles. The number of rotatable bonds is 6. The molecule has 1 unspecified atom stereocenters. The molecule has 0 radical (unpaired) electrons. The number of aliphatic carboxylic acids is 1. The van der Waals surface area contributed by atoms with Crippen LogP contribution >= 0.6 is 0 Å². The van der Waals surface area contributed by atoms with Crippen molar-refractivity contribution in [3.63, 3.8) is 0 Å². The molecule has 1 atom stereocenters. The van der Waals surface area contributed by atoms with E-state index in [0.29, 0.717) is 6.42 Å². The molecule has 6 heteroatoms. The van der Waals surface area contributed by atoms with E-state index in [0.717, 1.165) is 0 Å². The van der Waals surface area contributed by atoms with Gasteiger partial charge in [-0.2, -0.15) is 0 Å². The second-order valence-electron chi connectivity index (χ2n) is 2.95. The van der Waals surface area contributed by atoms with Crippen LogP contribution in [0.3, 0.4) is 0 Å². The molecule has 0 heterocycles. The predicted molar refractivity (Wildman–Crippen MR) is 48.1 cm³/mol. The van der Waals surface area contributed by atoms with Gasteiger partial charge in [-0.25, -0.2) is 9.59 Å². The van der Waals surface area contributed by atoms with Crippen LogP contribution in [0.1, 0.15) is 26.7 Å². The van der Waals surface area contributed by atoms with E-state index in [2.05, 4.69) is 4.74 Å². The van der Waals surface area contributed by atoms with Crippen molar-refractivity contribution >= 4 is 23.5 Å². The Morgan fingerprint density at radius 1 is 1.20 bits per heavy atom. The van der Waals surface area contributed by atoms with Gasteiger partial charge in [0.05, 0.1) is 12.5 Å². The van der Waals surface area contributed by atoms with Crippen molar-refractivity contribution in [3.05, 3.63) is 0 Å². The maximum Gasteiger partial charge on any atom is 0.375 e. The highest BCUT2D eigenvalue weighted by atomic mass is 16.5. The molecule has 6 nitrogen and oxygen atoms in total. The lowest BCUT2D eigenvalue weighted by Crippen LogP contribution is -2.26. The number of ketones is 2. The van der Waals surface area contributed by atoms with Gasteiger partial charge in [-0.3, -0.25) is 9.59 Å². The molecule has 0 spiro atoms. The third-order valence-corrected chi connectivity index (χ3v) is 1.67. The topological polar surface area (TPSA) is 97.7 Å². The number of esters is 1. The summed E-state index contributed by atoms with van der Waals surface area (Å²) < 4.78 is 4.61. The van der Waals surface area contributed by atoms with Crippen LogP contribution in [-0.2, 0) is 23.9 Å². The molecule has 0 bridgehead atoms. The number of carboxylic acid groups (broad SMARTS) is 1. The molecular formula is C9H12O6. The van der Waals surface area contributed by atoms with E-state index in [1.54, 1.807) is 13.8 Å². The van der Waals surface area contributed by atoms with E-state index in [4.69, 9.17) is 5.11 Å². The smallest absolute Gasteiger partial charge is 0.375 e. The first-order chi connectivity index (χ1) is 6.88. The van der Waals surface area contributed by atoms with E-state index in [1.807, 2.05) is 0 Å². The van der Waals surface area contributed by atoms with Crippen LogP contribution in [0, 0.1) is 0 Å². The highest BCUT2D eigenvalue weighted by molar-refractivity contribution is 6.45. The summed E-state index contributed by atoms with van der Waals surface area (Å²) in [4.78, 5) is 42.6. The van der Waals surface area contributed by atoms with Crippen LogP contribution in [0.25, 0.3) is 0 Å². The van der Waals surface area contributed by atoms with E-state index in [-0.39, 0.29) is 0 Å². The van der Waals surface area contributed by atoms with Crippen LogP contribution in [-0.4, -0.2) is 34.7 Å². The molecule has 0 aliphatic carbocycles. The molecule has 0 aromatic carbocycles. The zero-order valence-electron chi connectivity index (χ0n) is 8.48. The minimum absolute atomic E-state index is 0.429. The van der Waals surface area contributed by atoms with Gasteiger partial charge in [-0.1, -0.05) is 6.92 Å². The summed E-state index contributed by atoms with van der Waals surface area (Å²) in [6.45, 7) is 3.34. The van der Waals surface area contributed by atoms with Crippen LogP contribution in [0.4, 0.5) is 0 Å². The number of hydrogen-bond acceptors (Lipinski definition) is 5. The third kappa shape index (κ3) is 4.90. The van der Waals surface area contributed by atoms with Crippen molar-refractivity contribution in [1.82, 2.24) is 0 Å². The molecule has 0 saturated carbocycles. The van der Waals surface area contributed by atoms with Crippen molar-refractivity contribution in [3.8, 4) is 0 Å². The second kappa shape index (κ2) is 5.90. The quantitative estimate of drug-likeness (QED) is 0.379. The van der Waals surface area contributed by atoms with Crippen molar-refractivity contribution in [1.29, 1.82) is 0 Å². The summed E-state index contributed by atoms with van der Waals surface area (Å²) in [6.07, 6.45) is -0.849. The van der Waals surface area contributed by atoms with Gasteiger partial charge in [0, 0.05) is 0 Å². The normalized spacial score (nSPS) is 11.6. The summed E-state index contributed by atoms with van der Waals surface area (Å²) in [7, 11) is 0. The van der Waals surface area contributed by atoms with Crippen LogP contribution in [0.15, 0.2) is 0 Å². The van der Waals surface area contributed by atoms with E-state index in [1.165, 1.54) is 0 Å². The zero-order chi connectivity index (χ0) is 12.0. The van der Waals surface area contributed by atoms with Crippen molar-refractivity contribution < 1.29 is 29.0 Å². The first kappa shape index (κ1) is 13.3. The fourth-order valence-electron chi connectivity index (χ4n) is 0.625. The van der Waals surface area contributed by atoms with Gasteiger partial charge in [0.2, 0.25) is 11.6 Å². The second-order valence-corrected chi connectivity index (χ2v) is 2.95. The highest BCUT2D eigenvalue weighted by Crippen LogP contribution is 1.99. The van der Waals surface area contributed by atoms with Crippen LogP contribution in [0.5, 0.6) is 0 Å². The van der Waals surface area contributed by atoms with Gasteiger partial charge in [0.1, 0.15) is 0 Å². The van der Waals surface area contributed by atoms with Crippen LogP contribution in [0.2, 0.25) is 0 Å². The lowest BCUT2D eigenvalue weighted by Gasteiger charge is -2.08. The Kier molecular flexibility index (Phi) is 5.22. The monoisotopic (exact) mass is 216 g/mol. The first-order valence-corrected chi connectivity index (χ1v) is 4.38. The molecule has 15 heavy (non-hydrogen) atoms. The fourth-order valence-corrected chi connectivity index (χ4v) is 0.625. The third-order valence-electron chi connectivity index (χ3n) is 1.67. The molecule has 0 rings (SSSR count). The Morgan fingerprint density at radius 3 is 2.13 bits per heavy atom. The Labute approximate surface area is 86.2 Å². The average molecular weight is 216 g/mol. The molecule has 0 aromatic rings. The Morgan fingerprint density at radius 2 is 1.73 bits per heavy atom. The largest absolute Gasteiger partial charge is 0.475 e. The molecule has 84 valence electrons. The standard InChI is InChI=1S/C9H12O6/c1-3-5(2)15-9(14)7(11)4-6(10)8(12)13/h5H,3-4H2,1-2H3,(H,12,13). The maximum absolute atomic E-state index is 11.0. The summed E-state index contributed by atoms with van der Waals surface area (Å²) in [5, 5.41) is 8.19. The number of hydrogen-bond donors (Lipinski definition) is 1. The van der Waals surface area contributed by atoms with Gasteiger partial charge in [-0.05, 0) is 13.3 Å². The van der Waals surface area contributed by atoms with Crippen LogP contribution < -0.4 is 0 Å². The lowest BCUT2D eigenvalue weighted by atomic mass is 10.2. The SMILES string of the molecule is CCC(C)OC(=O)C(=O)CC(=O)C(=O)O. The molecule has 1 N–H and O–H groups in total. The number of carboxylic acids is 1. The molecule has 0 aliphatic rings. The van der Waals surface area contributed by atoms with Crippen molar-refractivity contribution in [2.75, 3.05) is 0 Å². The van der Waals surface area contributed by atoms with Gasteiger partial charge in [-0.15, -0.1) is 0 Å². The minimum atomic E-state index is -1.74. The number of ether oxygens (including phenoxy) is 1. The summed E-state index contributed by atoms with van der Waals surface area (Å²) in [5.74, 6) is -5.36. The summed E-state index contributed by atoms with van der Waals surface area (Å²) >= 11 is 0.